The van der Waals surface area contributed by atoms with Crippen LogP contribution in [-0.4, -0.2) is 50.6 Å². The number of fused-ring (bicyclic) bond motifs is 2. The molecule has 166 valence electrons. The zero-order valence-corrected chi connectivity index (χ0v) is 18.5. The van der Waals surface area contributed by atoms with Gasteiger partial charge in [0.15, 0.2) is 0 Å². The summed E-state index contributed by atoms with van der Waals surface area (Å²) in [5, 5.41) is 1.53. The maximum Gasteiger partial charge on any atom is 0.258 e. The first kappa shape index (κ1) is 20.1. The standard InChI is InChI=1S/C26H24N4O3/c1-29-11-7-17-13-18(3-5-20(17)25(29)32)23-15-27-21-6-4-19(14-22(21)28-23)24(31)30-10-2-8-26(16-30)9-12-33-26/h3-7,11,13-15H,2,8-10,12,16H2,1H3/t26-/m1/s1. The van der Waals surface area contributed by atoms with Gasteiger partial charge < -0.3 is 14.2 Å². The number of pyridine rings is 1. The molecule has 33 heavy (non-hydrogen) atoms. The molecule has 1 spiro atoms. The van der Waals surface area contributed by atoms with Crippen LogP contribution < -0.4 is 5.56 Å². The van der Waals surface area contributed by atoms with Crippen LogP contribution >= 0.6 is 0 Å². The lowest BCUT2D eigenvalue weighted by atomic mass is 9.85. The number of nitrogens with zero attached hydrogens (tertiary/aromatic N) is 4. The Morgan fingerprint density at radius 1 is 1.09 bits per heavy atom. The molecule has 2 saturated heterocycles. The quantitative estimate of drug-likeness (QED) is 0.477. The van der Waals surface area contributed by atoms with E-state index in [1.165, 1.54) is 0 Å². The predicted octanol–water partition coefficient (Wildman–Crippen LogP) is 3.54. The fourth-order valence-electron chi connectivity index (χ4n) is 4.95. The van der Waals surface area contributed by atoms with Gasteiger partial charge in [0.2, 0.25) is 0 Å². The van der Waals surface area contributed by atoms with Gasteiger partial charge in [-0.1, -0.05) is 6.07 Å². The molecule has 0 N–H and O–H groups in total. The summed E-state index contributed by atoms with van der Waals surface area (Å²) >= 11 is 0. The second kappa shape index (κ2) is 7.49. The van der Waals surface area contributed by atoms with Gasteiger partial charge in [0.1, 0.15) is 0 Å². The van der Waals surface area contributed by atoms with Crippen molar-refractivity contribution in [2.24, 2.45) is 7.05 Å². The molecule has 7 heteroatoms. The van der Waals surface area contributed by atoms with Crippen molar-refractivity contribution >= 4 is 27.7 Å². The van der Waals surface area contributed by atoms with Crippen molar-refractivity contribution in [1.29, 1.82) is 0 Å². The van der Waals surface area contributed by atoms with Crippen LogP contribution in [0.5, 0.6) is 0 Å². The molecule has 1 amide bonds. The molecule has 0 bridgehead atoms. The van der Waals surface area contributed by atoms with Crippen molar-refractivity contribution in [3.8, 4) is 11.3 Å². The molecular weight excluding hydrogens is 416 g/mol. The average Bonchev–Trinajstić information content (AvgIpc) is 2.84. The molecule has 0 aliphatic carbocycles. The summed E-state index contributed by atoms with van der Waals surface area (Å²) in [6.45, 7) is 2.20. The predicted molar refractivity (Wildman–Crippen MR) is 126 cm³/mol. The van der Waals surface area contributed by atoms with Crippen LogP contribution in [0.15, 0.2) is 59.7 Å². The molecule has 0 unspecified atom stereocenters. The van der Waals surface area contributed by atoms with E-state index >= 15 is 0 Å². The smallest absolute Gasteiger partial charge is 0.258 e. The number of piperidine rings is 1. The molecule has 2 fully saturated rings. The number of hydrogen-bond donors (Lipinski definition) is 0. The minimum Gasteiger partial charge on any atom is -0.373 e. The van der Waals surface area contributed by atoms with Crippen molar-refractivity contribution in [2.45, 2.75) is 24.9 Å². The molecule has 4 aromatic rings. The lowest BCUT2D eigenvalue weighted by Gasteiger charge is -2.48. The summed E-state index contributed by atoms with van der Waals surface area (Å²) in [5.74, 6) is 0.0141. The summed E-state index contributed by atoms with van der Waals surface area (Å²) in [6, 6.07) is 13.1. The zero-order valence-electron chi connectivity index (χ0n) is 18.5. The number of aryl methyl sites for hydroxylation is 1. The van der Waals surface area contributed by atoms with Gasteiger partial charge in [0.25, 0.3) is 11.5 Å². The number of carbonyl (C=O) groups excluding carboxylic acids is 1. The molecule has 2 aromatic heterocycles. The second-order valence-corrected chi connectivity index (χ2v) is 9.10. The molecule has 7 nitrogen and oxygen atoms in total. The van der Waals surface area contributed by atoms with Gasteiger partial charge in [0, 0.05) is 42.7 Å². The summed E-state index contributed by atoms with van der Waals surface area (Å²) < 4.78 is 7.38. The van der Waals surface area contributed by atoms with Gasteiger partial charge in [-0.25, -0.2) is 4.98 Å². The van der Waals surface area contributed by atoms with E-state index in [1.807, 2.05) is 47.4 Å². The first-order valence-electron chi connectivity index (χ1n) is 11.3. The van der Waals surface area contributed by atoms with Crippen LogP contribution in [-0.2, 0) is 11.8 Å². The Labute approximate surface area is 190 Å². The highest BCUT2D eigenvalue weighted by Crippen LogP contribution is 2.36. The van der Waals surface area contributed by atoms with E-state index in [1.54, 1.807) is 24.0 Å². The summed E-state index contributed by atoms with van der Waals surface area (Å²) in [4.78, 5) is 36.8. The SMILES string of the molecule is Cn1ccc2cc(-c3cnc4ccc(C(=O)N5CCC[C@@]6(CCO6)C5)cc4n3)ccc2c1=O. The lowest BCUT2D eigenvalue weighted by Crippen LogP contribution is -2.57. The normalized spacial score (nSPS) is 20.3. The van der Waals surface area contributed by atoms with Crippen molar-refractivity contribution in [3.05, 3.63) is 70.8 Å². The van der Waals surface area contributed by atoms with Gasteiger partial charge in [-0.15, -0.1) is 0 Å². The fourth-order valence-corrected chi connectivity index (χ4v) is 4.95. The highest BCUT2D eigenvalue weighted by Gasteiger charge is 2.43. The molecule has 2 aromatic carbocycles. The van der Waals surface area contributed by atoms with Crippen molar-refractivity contribution in [3.63, 3.8) is 0 Å². The number of ether oxygens (including phenoxy) is 1. The maximum absolute atomic E-state index is 13.2. The molecule has 0 radical (unpaired) electrons. The third-order valence-corrected chi connectivity index (χ3v) is 6.96. The topological polar surface area (TPSA) is 77.3 Å². The van der Waals surface area contributed by atoms with Crippen LogP contribution in [0.25, 0.3) is 33.1 Å². The molecule has 1 atom stereocenters. The molecule has 2 aliphatic rings. The third-order valence-electron chi connectivity index (χ3n) is 6.96. The fraction of sp³-hybridized carbons (Fsp3) is 0.308. The van der Waals surface area contributed by atoms with E-state index in [4.69, 9.17) is 9.72 Å². The van der Waals surface area contributed by atoms with E-state index in [9.17, 15) is 9.59 Å². The molecule has 0 saturated carbocycles. The molecular formula is C26H24N4O3. The Bertz CT molecular complexity index is 1470. The van der Waals surface area contributed by atoms with Gasteiger partial charge in [-0.3, -0.25) is 14.6 Å². The lowest BCUT2D eigenvalue weighted by molar-refractivity contribution is -0.171. The minimum atomic E-state index is -0.130. The van der Waals surface area contributed by atoms with E-state index < -0.39 is 0 Å². The van der Waals surface area contributed by atoms with Gasteiger partial charge in [-0.05, 0) is 54.6 Å². The Hall–Kier alpha value is -3.58. The highest BCUT2D eigenvalue weighted by molar-refractivity contribution is 5.97. The first-order chi connectivity index (χ1) is 16.0. The highest BCUT2D eigenvalue weighted by atomic mass is 16.5. The summed E-state index contributed by atoms with van der Waals surface area (Å²) in [6.07, 6.45) is 6.52. The Kier molecular flexibility index (Phi) is 4.55. The number of likely N-dealkylation sites (tertiary alicyclic amines) is 1. The second-order valence-electron chi connectivity index (χ2n) is 9.10. The monoisotopic (exact) mass is 440 g/mol. The van der Waals surface area contributed by atoms with E-state index in [0.717, 1.165) is 48.9 Å². The number of hydrogen-bond acceptors (Lipinski definition) is 5. The van der Waals surface area contributed by atoms with Gasteiger partial charge in [0.05, 0.1) is 41.7 Å². The minimum absolute atomic E-state index is 0.0141. The van der Waals surface area contributed by atoms with Crippen molar-refractivity contribution in [2.75, 3.05) is 19.7 Å². The average molecular weight is 441 g/mol. The Balaban J connectivity index is 1.34. The number of carbonyl (C=O) groups is 1. The molecule has 2 aliphatic heterocycles. The van der Waals surface area contributed by atoms with Crippen LogP contribution in [0.3, 0.4) is 0 Å². The Morgan fingerprint density at radius 3 is 2.79 bits per heavy atom. The van der Waals surface area contributed by atoms with E-state index in [0.29, 0.717) is 28.7 Å². The number of benzene rings is 2. The van der Waals surface area contributed by atoms with E-state index in [-0.39, 0.29) is 17.1 Å². The van der Waals surface area contributed by atoms with Crippen molar-refractivity contribution in [1.82, 2.24) is 19.4 Å². The van der Waals surface area contributed by atoms with Gasteiger partial charge in [-0.2, -0.15) is 0 Å². The largest absolute Gasteiger partial charge is 0.373 e. The van der Waals surface area contributed by atoms with Crippen LogP contribution in [0.2, 0.25) is 0 Å². The van der Waals surface area contributed by atoms with Crippen LogP contribution in [0, 0.1) is 0 Å². The third kappa shape index (κ3) is 3.40. The van der Waals surface area contributed by atoms with Crippen LogP contribution in [0.4, 0.5) is 0 Å². The van der Waals surface area contributed by atoms with Crippen molar-refractivity contribution < 1.29 is 9.53 Å². The number of aromatic nitrogens is 3. The maximum atomic E-state index is 13.2. The summed E-state index contributed by atoms with van der Waals surface area (Å²) in [5.41, 5.74) is 3.45. The van der Waals surface area contributed by atoms with Gasteiger partial charge >= 0.3 is 0 Å². The van der Waals surface area contributed by atoms with E-state index in [2.05, 4.69) is 4.98 Å². The zero-order chi connectivity index (χ0) is 22.6. The molecule has 6 rings (SSSR count). The number of amides is 1. The van der Waals surface area contributed by atoms with Crippen LogP contribution in [0.1, 0.15) is 29.6 Å². The summed E-state index contributed by atoms with van der Waals surface area (Å²) in [7, 11) is 1.74. The molecule has 4 heterocycles. The Morgan fingerprint density at radius 2 is 1.97 bits per heavy atom. The number of rotatable bonds is 2. The first-order valence-corrected chi connectivity index (χ1v) is 11.3.